The third kappa shape index (κ3) is 13.6. The van der Waals surface area contributed by atoms with E-state index in [1.807, 2.05) is 32.6 Å². The van der Waals surface area contributed by atoms with Gasteiger partial charge in [-0.3, -0.25) is 4.90 Å². The Labute approximate surface area is 488 Å². The van der Waals surface area contributed by atoms with Crippen LogP contribution in [-0.4, -0.2) is 139 Å². The van der Waals surface area contributed by atoms with E-state index in [1.165, 1.54) is 25.3 Å². The van der Waals surface area contributed by atoms with Crippen LogP contribution in [0, 0.1) is 0 Å². The number of methoxy groups -OCH3 is 2. The number of hydrogen-bond acceptors (Lipinski definition) is 19. The van der Waals surface area contributed by atoms with E-state index in [2.05, 4.69) is 45.4 Å². The summed E-state index contributed by atoms with van der Waals surface area (Å²) in [6, 6.07) is 11.4. The quantitative estimate of drug-likeness (QED) is 0.102. The Balaban J connectivity index is 0.000000160. The predicted octanol–water partition coefficient (Wildman–Crippen LogP) is 10.4. The summed E-state index contributed by atoms with van der Waals surface area (Å²) in [5, 5.41) is 6.54. The molecule has 0 aliphatic carbocycles. The summed E-state index contributed by atoms with van der Waals surface area (Å²) in [5.41, 5.74) is 6.56. The van der Waals surface area contributed by atoms with Gasteiger partial charge in [-0.15, -0.1) is 0 Å². The smallest absolute Gasteiger partial charge is 0.417 e. The molecule has 0 spiro atoms. The third-order valence-corrected chi connectivity index (χ3v) is 14.6. The molecule has 4 atom stereocenters. The standard InChI is InChI=1S/C28H28ClF3N6O5.C16H14ClF3N4O.C11H16N2O3/c1-27(2)42-14-18(43-27)13-41-22-9-16(4-6-33-22)35-26(39)38-17-5-7-37(12-17)21-10-20(29)23(36-24(21)38)19-8-15(28(30,31)32)11-34-25(19)40-3;1-25-15-10(4-8(6-21-15)16(18,19)20)13-11(17)5-12-14(23-13)22-9-2-3-24(12)7-9;1-11(2)15-7-9(16-11)6-14-10-5-8(12)3-4-13-10/h4,6,8-11,17-18H,5,7,12-14H2,1-3H3,(H,33,35,39);4-6,9H,2-3,7H2,1H3,(H,22,23);3-5,9H,6-7H2,1-2H3,(H2,12,13)/t17-,18+;2*9-/m001/s1. The number of carbonyl (C=O) groups is 1. The molecular formula is C55H58Cl2F6N12O9. The number of carbonyl (C=O) groups excluding carboxylic acids is 1. The molecular weight excluding hydrogens is 1160 g/mol. The van der Waals surface area contributed by atoms with E-state index >= 15 is 0 Å². The van der Waals surface area contributed by atoms with E-state index < -0.39 is 41.1 Å². The van der Waals surface area contributed by atoms with Gasteiger partial charge in [-0.1, -0.05) is 23.2 Å². The topological polar surface area (TPSA) is 228 Å². The Hall–Kier alpha value is -7.43. The molecule has 21 nitrogen and oxygen atoms in total. The van der Waals surface area contributed by atoms with Crippen LogP contribution >= 0.6 is 23.2 Å². The van der Waals surface area contributed by atoms with Gasteiger partial charge in [-0.25, -0.2) is 34.7 Å². The van der Waals surface area contributed by atoms with Gasteiger partial charge in [0.25, 0.3) is 0 Å². The van der Waals surface area contributed by atoms with E-state index in [4.69, 9.17) is 66.8 Å². The molecule has 448 valence electrons. The highest BCUT2D eigenvalue weighted by atomic mass is 35.5. The minimum Gasteiger partial charge on any atom is -0.481 e. The van der Waals surface area contributed by atoms with Gasteiger partial charge < -0.3 is 64.1 Å². The summed E-state index contributed by atoms with van der Waals surface area (Å²) in [6.07, 6.45) is -3.30. The molecule has 84 heavy (non-hydrogen) atoms. The van der Waals surface area contributed by atoms with Crippen molar-refractivity contribution in [1.29, 1.82) is 0 Å². The largest absolute Gasteiger partial charge is 0.481 e. The van der Waals surface area contributed by atoms with Crippen molar-refractivity contribution in [1.82, 2.24) is 29.9 Å². The fraction of sp³-hybridized carbons (Fsp3) is 0.436. The van der Waals surface area contributed by atoms with Gasteiger partial charge >= 0.3 is 18.4 Å². The molecule has 4 N–H and O–H groups in total. The van der Waals surface area contributed by atoms with Crippen LogP contribution in [0.5, 0.6) is 23.5 Å². The van der Waals surface area contributed by atoms with Crippen molar-refractivity contribution >= 4 is 63.6 Å². The normalized spacial score (nSPS) is 20.6. The second-order valence-electron chi connectivity index (χ2n) is 21.0. The molecule has 0 aromatic carbocycles. The van der Waals surface area contributed by atoms with Gasteiger partial charge in [0.15, 0.2) is 23.2 Å². The van der Waals surface area contributed by atoms with Crippen molar-refractivity contribution in [3.63, 3.8) is 0 Å². The molecule has 2 amide bonds. The Morgan fingerprint density at radius 2 is 1.26 bits per heavy atom. The minimum atomic E-state index is -4.65. The Morgan fingerprint density at radius 1 is 0.726 bits per heavy atom. The number of anilines is 6. The van der Waals surface area contributed by atoms with Crippen LogP contribution in [0.2, 0.25) is 10.0 Å². The summed E-state index contributed by atoms with van der Waals surface area (Å²) in [6.45, 7) is 11.9. The van der Waals surface area contributed by atoms with E-state index in [-0.39, 0.29) is 86.9 Å². The first-order valence-corrected chi connectivity index (χ1v) is 27.2. The summed E-state index contributed by atoms with van der Waals surface area (Å²) in [4.78, 5) is 44.4. The van der Waals surface area contributed by atoms with Crippen LogP contribution in [0.15, 0.2) is 73.3 Å². The third-order valence-electron chi connectivity index (χ3n) is 14.0. The van der Waals surface area contributed by atoms with Gasteiger partial charge in [0.05, 0.1) is 88.5 Å². The van der Waals surface area contributed by atoms with Crippen molar-refractivity contribution in [2.75, 3.05) is 97.9 Å². The number of nitrogens with zero attached hydrogens (tertiary/aromatic N) is 9. The number of aromatic nitrogens is 6. The fourth-order valence-electron chi connectivity index (χ4n) is 10.2. The highest BCUT2D eigenvalue weighted by Crippen LogP contribution is 2.47. The molecule has 4 saturated heterocycles. The monoisotopic (exact) mass is 1210 g/mol. The van der Waals surface area contributed by atoms with Gasteiger partial charge in [0, 0.05) is 80.5 Å². The first kappa shape index (κ1) is 59.7. The van der Waals surface area contributed by atoms with Crippen molar-refractivity contribution in [3.05, 3.63) is 94.5 Å². The SMILES string of the molecule is CC1(C)OC[C@@H](COc2cc(N)ccn2)O1.COc1ncc(C(F)(F)F)cc1-c1nc2c(cc1Cl)N1CC[C@@H](C1)N2.COc1ncc(C(F)(F)F)cc1-c1nc2c(cc1Cl)N1CC[C@@H](C1)N2C(=O)Nc1ccnc(OC[C@@H]2COC(C)(C)O2)c1. The van der Waals surface area contributed by atoms with Crippen molar-refractivity contribution in [2.24, 2.45) is 0 Å². The zero-order chi connectivity index (χ0) is 59.9. The highest BCUT2D eigenvalue weighted by Gasteiger charge is 2.42. The number of fused-ring (bicyclic) bond motifs is 8. The maximum Gasteiger partial charge on any atom is 0.417 e. The van der Waals surface area contributed by atoms with Crippen LogP contribution in [-0.2, 0) is 31.3 Å². The molecule has 12 heterocycles. The summed E-state index contributed by atoms with van der Waals surface area (Å²) < 4.78 is 124. The summed E-state index contributed by atoms with van der Waals surface area (Å²) in [5.74, 6) is 0.433. The van der Waals surface area contributed by atoms with Crippen LogP contribution in [0.3, 0.4) is 0 Å². The van der Waals surface area contributed by atoms with E-state index in [0.29, 0.717) is 74.3 Å². The fourth-order valence-corrected chi connectivity index (χ4v) is 10.7. The zero-order valence-electron chi connectivity index (χ0n) is 46.1. The summed E-state index contributed by atoms with van der Waals surface area (Å²) >= 11 is 12.9. The number of amides is 2. The highest BCUT2D eigenvalue weighted by molar-refractivity contribution is 6.34. The number of halogens is 8. The molecule has 4 bridgehead atoms. The lowest BCUT2D eigenvalue weighted by atomic mass is 10.1. The van der Waals surface area contributed by atoms with E-state index in [9.17, 15) is 31.1 Å². The van der Waals surface area contributed by atoms with Crippen LogP contribution in [0.1, 0.15) is 51.7 Å². The molecule has 0 unspecified atom stereocenters. The first-order valence-electron chi connectivity index (χ1n) is 26.4. The molecule has 6 aromatic heterocycles. The number of nitrogens with one attached hydrogen (secondary N) is 2. The molecule has 0 radical (unpaired) electrons. The Morgan fingerprint density at radius 3 is 1.81 bits per heavy atom. The Kier molecular flexibility index (Phi) is 17.0. The number of rotatable bonds is 11. The number of hydrogen-bond donors (Lipinski definition) is 3. The summed E-state index contributed by atoms with van der Waals surface area (Å²) in [7, 11) is 2.63. The second-order valence-corrected chi connectivity index (χ2v) is 21.8. The number of alkyl halides is 6. The maximum absolute atomic E-state index is 13.7. The van der Waals surface area contributed by atoms with Crippen molar-refractivity contribution < 1.29 is 69.0 Å². The van der Waals surface area contributed by atoms with Crippen molar-refractivity contribution in [3.8, 4) is 46.0 Å². The van der Waals surface area contributed by atoms with Crippen LogP contribution in [0.25, 0.3) is 22.5 Å². The predicted molar refractivity (Wildman–Crippen MR) is 298 cm³/mol. The number of nitrogens with two attached hydrogens (primary N) is 1. The molecule has 6 aliphatic heterocycles. The average molecular weight is 1220 g/mol. The first-order chi connectivity index (χ1) is 39.8. The molecule has 4 fully saturated rings. The molecule has 6 aromatic rings. The molecule has 29 heteroatoms. The second kappa shape index (κ2) is 23.9. The van der Waals surface area contributed by atoms with Crippen LogP contribution in [0.4, 0.5) is 65.5 Å². The lowest BCUT2D eigenvalue weighted by Crippen LogP contribution is -2.48. The van der Waals surface area contributed by atoms with Gasteiger partial charge in [0.1, 0.15) is 25.4 Å². The molecule has 6 aliphatic rings. The minimum absolute atomic E-state index is 0.0112. The average Bonchev–Trinajstić information content (AvgIpc) is 2.09. The van der Waals surface area contributed by atoms with Gasteiger partial charge in [-0.05, 0) is 76.9 Å². The number of ether oxygens (including phenoxy) is 8. The molecule has 12 rings (SSSR count). The number of nitrogen functional groups attached to an aromatic ring is 1. The van der Waals surface area contributed by atoms with Gasteiger partial charge in [-0.2, -0.15) is 26.3 Å². The molecule has 0 saturated carbocycles. The number of pyridine rings is 6. The van der Waals surface area contributed by atoms with Crippen molar-refractivity contribution in [2.45, 2.75) is 88.8 Å². The van der Waals surface area contributed by atoms with E-state index in [0.717, 1.165) is 43.5 Å². The lowest BCUT2D eigenvalue weighted by molar-refractivity contribution is -0.142. The van der Waals surface area contributed by atoms with E-state index in [1.54, 1.807) is 42.6 Å². The zero-order valence-corrected chi connectivity index (χ0v) is 47.6. The maximum atomic E-state index is 13.7. The van der Waals surface area contributed by atoms with Gasteiger partial charge in [0.2, 0.25) is 23.5 Å². The Bertz CT molecular complexity index is 3410. The number of urea groups is 1. The lowest BCUT2D eigenvalue weighted by Gasteiger charge is -2.36. The van der Waals surface area contributed by atoms with Crippen LogP contribution < -0.4 is 50.0 Å².